The van der Waals surface area contributed by atoms with Gasteiger partial charge >= 0.3 is 0 Å². The first-order valence-corrected chi connectivity index (χ1v) is 8.27. The summed E-state index contributed by atoms with van der Waals surface area (Å²) in [7, 11) is 0. The van der Waals surface area contributed by atoms with Crippen LogP contribution in [0, 0.1) is 11.3 Å². The molecule has 2 heterocycles. The van der Waals surface area contributed by atoms with Gasteiger partial charge in [0.1, 0.15) is 5.82 Å². The fourth-order valence-electron chi connectivity index (χ4n) is 2.24. The van der Waals surface area contributed by atoms with E-state index >= 15 is 0 Å². The topological polar surface area (TPSA) is 116 Å². The maximum absolute atomic E-state index is 12.0. The zero-order chi connectivity index (χ0) is 18.9. The van der Waals surface area contributed by atoms with Gasteiger partial charge < -0.3 is 16.0 Å². The third kappa shape index (κ3) is 5.24. The first-order valence-electron chi connectivity index (χ1n) is 8.27. The minimum atomic E-state index is -0.190. The molecular weight excluding hydrogens is 342 g/mol. The molecule has 0 fully saturated rings. The van der Waals surface area contributed by atoms with Crippen LogP contribution in [0.3, 0.4) is 0 Å². The smallest absolute Gasteiger partial charge is 0.251 e. The van der Waals surface area contributed by atoms with Gasteiger partial charge in [0.2, 0.25) is 0 Å². The number of amides is 1. The predicted octanol–water partition coefficient (Wildman–Crippen LogP) is 2.33. The molecule has 0 radical (unpaired) electrons. The fourth-order valence-corrected chi connectivity index (χ4v) is 2.24. The van der Waals surface area contributed by atoms with E-state index in [0.29, 0.717) is 35.9 Å². The molecule has 0 aliphatic carbocycles. The van der Waals surface area contributed by atoms with Crippen molar-refractivity contribution >= 4 is 23.2 Å². The molecule has 0 atom stereocenters. The number of aromatic nitrogens is 3. The number of rotatable bonds is 7. The van der Waals surface area contributed by atoms with Crippen LogP contribution < -0.4 is 16.0 Å². The Labute approximate surface area is 156 Å². The van der Waals surface area contributed by atoms with Crippen molar-refractivity contribution in [2.24, 2.45) is 0 Å². The van der Waals surface area contributed by atoms with E-state index in [1.807, 2.05) is 24.3 Å². The van der Waals surface area contributed by atoms with E-state index in [1.165, 1.54) is 0 Å². The SMILES string of the molecule is N#Cc1ccc(C(=O)NCCNc2ccc(Nc3ccncc3)nn2)cc1. The Morgan fingerprint density at radius 3 is 2.30 bits per heavy atom. The molecular formula is C19H17N7O. The highest BCUT2D eigenvalue weighted by Gasteiger charge is 2.04. The highest BCUT2D eigenvalue weighted by atomic mass is 16.1. The van der Waals surface area contributed by atoms with Gasteiger partial charge in [0.25, 0.3) is 5.91 Å². The van der Waals surface area contributed by atoms with Crippen LogP contribution >= 0.6 is 0 Å². The van der Waals surface area contributed by atoms with Gasteiger partial charge in [-0.3, -0.25) is 9.78 Å². The lowest BCUT2D eigenvalue weighted by Gasteiger charge is -2.08. The van der Waals surface area contributed by atoms with Crippen LogP contribution in [0.15, 0.2) is 60.9 Å². The molecule has 3 aromatic rings. The summed E-state index contributed by atoms with van der Waals surface area (Å²) in [5, 5.41) is 26.0. The molecule has 1 aromatic carbocycles. The van der Waals surface area contributed by atoms with Crippen molar-refractivity contribution in [1.29, 1.82) is 5.26 Å². The van der Waals surface area contributed by atoms with Crippen molar-refractivity contribution in [2.75, 3.05) is 23.7 Å². The second kappa shape index (κ2) is 8.92. The van der Waals surface area contributed by atoms with E-state index in [1.54, 1.807) is 42.7 Å². The molecule has 3 rings (SSSR count). The average Bonchev–Trinajstić information content (AvgIpc) is 2.73. The number of carbonyl (C=O) groups is 1. The lowest BCUT2D eigenvalue weighted by atomic mass is 10.1. The Kier molecular flexibility index (Phi) is 5.89. The van der Waals surface area contributed by atoms with Crippen molar-refractivity contribution in [1.82, 2.24) is 20.5 Å². The lowest BCUT2D eigenvalue weighted by molar-refractivity contribution is 0.0955. The second-order valence-corrected chi connectivity index (χ2v) is 5.54. The Balaban J connectivity index is 1.42. The molecule has 1 amide bonds. The zero-order valence-electron chi connectivity index (χ0n) is 14.4. The minimum absolute atomic E-state index is 0.190. The molecule has 0 saturated carbocycles. The summed E-state index contributed by atoms with van der Waals surface area (Å²) < 4.78 is 0. The number of nitriles is 1. The van der Waals surface area contributed by atoms with Crippen LogP contribution in [0.1, 0.15) is 15.9 Å². The van der Waals surface area contributed by atoms with E-state index in [2.05, 4.69) is 31.1 Å². The van der Waals surface area contributed by atoms with Gasteiger partial charge in [-0.2, -0.15) is 5.26 Å². The summed E-state index contributed by atoms with van der Waals surface area (Å²) >= 11 is 0. The van der Waals surface area contributed by atoms with Gasteiger partial charge in [-0.1, -0.05) is 0 Å². The van der Waals surface area contributed by atoms with E-state index < -0.39 is 0 Å². The van der Waals surface area contributed by atoms with Gasteiger partial charge in [0.15, 0.2) is 5.82 Å². The van der Waals surface area contributed by atoms with E-state index in [9.17, 15) is 4.79 Å². The molecule has 0 spiro atoms. The molecule has 134 valence electrons. The van der Waals surface area contributed by atoms with Crippen molar-refractivity contribution < 1.29 is 4.79 Å². The zero-order valence-corrected chi connectivity index (χ0v) is 14.4. The summed E-state index contributed by atoms with van der Waals surface area (Å²) in [5.41, 5.74) is 1.92. The van der Waals surface area contributed by atoms with Gasteiger partial charge in [-0.15, -0.1) is 10.2 Å². The standard InChI is InChI=1S/C19H17N7O/c20-13-14-1-3-15(4-2-14)19(27)23-12-11-22-17-5-6-18(26-25-17)24-16-7-9-21-10-8-16/h1-10H,11-12H2,(H,22,25)(H,23,27)(H,21,24,26). The monoisotopic (exact) mass is 359 g/mol. The van der Waals surface area contributed by atoms with E-state index in [-0.39, 0.29) is 5.91 Å². The second-order valence-electron chi connectivity index (χ2n) is 5.54. The number of hydrogen-bond donors (Lipinski definition) is 3. The number of nitrogens with zero attached hydrogens (tertiary/aromatic N) is 4. The van der Waals surface area contributed by atoms with Gasteiger partial charge in [0.05, 0.1) is 11.6 Å². The van der Waals surface area contributed by atoms with Gasteiger partial charge in [-0.05, 0) is 48.5 Å². The molecule has 3 N–H and O–H groups in total. The number of anilines is 3. The predicted molar refractivity (Wildman–Crippen MR) is 102 cm³/mol. The summed E-state index contributed by atoms with van der Waals surface area (Å²) in [6.45, 7) is 0.936. The Bertz CT molecular complexity index is 919. The van der Waals surface area contributed by atoms with Crippen LogP contribution in [0.25, 0.3) is 0 Å². The third-order valence-electron chi connectivity index (χ3n) is 3.61. The Hall–Kier alpha value is -3.99. The minimum Gasteiger partial charge on any atom is -0.367 e. The summed E-state index contributed by atoms with van der Waals surface area (Å²) in [6.07, 6.45) is 3.38. The maximum atomic E-state index is 12.0. The maximum Gasteiger partial charge on any atom is 0.251 e. The quantitative estimate of drug-likeness (QED) is 0.554. The molecule has 2 aromatic heterocycles. The van der Waals surface area contributed by atoms with Crippen LogP contribution in [0.5, 0.6) is 0 Å². The Morgan fingerprint density at radius 2 is 1.63 bits per heavy atom. The van der Waals surface area contributed by atoms with Crippen LogP contribution in [0.4, 0.5) is 17.3 Å². The van der Waals surface area contributed by atoms with Crippen molar-refractivity contribution in [3.8, 4) is 6.07 Å². The van der Waals surface area contributed by atoms with E-state index in [0.717, 1.165) is 5.69 Å². The fraction of sp³-hybridized carbons (Fsp3) is 0.105. The van der Waals surface area contributed by atoms with Crippen LogP contribution in [-0.2, 0) is 0 Å². The molecule has 0 saturated heterocycles. The van der Waals surface area contributed by atoms with Crippen LogP contribution in [-0.4, -0.2) is 34.2 Å². The van der Waals surface area contributed by atoms with Crippen molar-refractivity contribution in [3.05, 3.63) is 72.1 Å². The van der Waals surface area contributed by atoms with E-state index in [4.69, 9.17) is 5.26 Å². The molecule has 27 heavy (non-hydrogen) atoms. The molecule has 0 aliphatic heterocycles. The van der Waals surface area contributed by atoms with Gasteiger partial charge in [-0.25, -0.2) is 0 Å². The first-order chi connectivity index (χ1) is 13.2. The van der Waals surface area contributed by atoms with Crippen molar-refractivity contribution in [2.45, 2.75) is 0 Å². The number of nitrogens with one attached hydrogen (secondary N) is 3. The number of benzene rings is 1. The molecule has 8 heteroatoms. The largest absolute Gasteiger partial charge is 0.367 e. The highest BCUT2D eigenvalue weighted by Crippen LogP contribution is 2.13. The molecule has 0 unspecified atom stereocenters. The number of hydrogen-bond acceptors (Lipinski definition) is 7. The molecule has 8 nitrogen and oxygen atoms in total. The summed E-state index contributed by atoms with van der Waals surface area (Å²) in [6, 6.07) is 15.8. The van der Waals surface area contributed by atoms with Crippen molar-refractivity contribution in [3.63, 3.8) is 0 Å². The summed E-state index contributed by atoms with van der Waals surface area (Å²) in [5.74, 6) is 1.05. The highest BCUT2D eigenvalue weighted by molar-refractivity contribution is 5.94. The normalized spacial score (nSPS) is 9.89. The molecule has 0 aliphatic rings. The number of pyridine rings is 1. The summed E-state index contributed by atoms with van der Waals surface area (Å²) in [4.78, 5) is 16.0. The average molecular weight is 359 g/mol. The number of carbonyl (C=O) groups excluding carboxylic acids is 1. The lowest BCUT2D eigenvalue weighted by Crippen LogP contribution is -2.28. The third-order valence-corrected chi connectivity index (χ3v) is 3.61. The molecule has 0 bridgehead atoms. The first kappa shape index (κ1) is 17.8. The van der Waals surface area contributed by atoms with Gasteiger partial charge in [0, 0.05) is 36.7 Å². The Morgan fingerprint density at radius 1 is 0.926 bits per heavy atom. The van der Waals surface area contributed by atoms with Crippen LogP contribution in [0.2, 0.25) is 0 Å².